The van der Waals surface area contributed by atoms with Crippen LogP contribution in [0.25, 0.3) is 11.8 Å². The minimum atomic E-state index is -0.819. The monoisotopic (exact) mass is 508 g/mol. The Morgan fingerprint density at radius 2 is 1.58 bits per heavy atom. The summed E-state index contributed by atoms with van der Waals surface area (Å²) in [6.45, 7) is 3.65. The van der Waals surface area contributed by atoms with Gasteiger partial charge in [0.15, 0.2) is 0 Å². The van der Waals surface area contributed by atoms with E-state index < -0.39 is 22.8 Å². The Hall–Kier alpha value is -4.05. The molecule has 4 amide bonds. The number of hydrogen-bond donors (Lipinski definition) is 1. The van der Waals surface area contributed by atoms with Crippen molar-refractivity contribution in [3.63, 3.8) is 0 Å². The number of benzene rings is 2. The van der Waals surface area contributed by atoms with Gasteiger partial charge in [0, 0.05) is 33.7 Å². The average Bonchev–Trinajstić information content (AvgIpc) is 3.05. The fourth-order valence-corrected chi connectivity index (χ4v) is 3.96. The number of aryl methyl sites for hydroxylation is 1. The van der Waals surface area contributed by atoms with Crippen molar-refractivity contribution in [1.29, 1.82) is 0 Å². The third kappa shape index (κ3) is 4.08. The Morgan fingerprint density at radius 3 is 2.18 bits per heavy atom. The molecule has 0 saturated carbocycles. The normalized spacial score (nSPS) is 15.2. The number of barbiturate groups is 1. The lowest BCUT2D eigenvalue weighted by atomic mass is 10.1. The van der Waals surface area contributed by atoms with E-state index in [2.05, 4.69) is 21.2 Å². The molecular formula is C23H17BrN4O5. The topological polar surface area (TPSA) is 115 Å². The first-order valence-electron chi connectivity index (χ1n) is 9.78. The molecule has 4 rings (SSSR count). The van der Waals surface area contributed by atoms with Crippen molar-refractivity contribution in [2.75, 3.05) is 4.90 Å². The fraction of sp³-hybridized carbons (Fsp3) is 0.0870. The molecule has 0 unspecified atom stereocenters. The number of carbonyl (C=O) groups is 3. The highest BCUT2D eigenvalue weighted by Gasteiger charge is 2.37. The zero-order valence-electron chi connectivity index (χ0n) is 17.5. The van der Waals surface area contributed by atoms with Crippen LogP contribution in [0.15, 0.2) is 64.6 Å². The number of non-ortho nitro benzene ring substituents is 1. The van der Waals surface area contributed by atoms with E-state index in [0.717, 1.165) is 20.8 Å². The number of rotatable bonds is 4. The number of imide groups is 2. The van der Waals surface area contributed by atoms with Gasteiger partial charge in [0.25, 0.3) is 17.5 Å². The molecule has 1 saturated heterocycles. The number of halogens is 1. The van der Waals surface area contributed by atoms with Gasteiger partial charge in [-0.2, -0.15) is 0 Å². The molecule has 166 valence electrons. The minimum absolute atomic E-state index is 0.0225. The van der Waals surface area contributed by atoms with Crippen molar-refractivity contribution >= 4 is 51.2 Å². The summed E-state index contributed by atoms with van der Waals surface area (Å²) in [6.07, 6.45) is 1.44. The molecule has 1 aliphatic rings. The Labute approximate surface area is 196 Å². The van der Waals surface area contributed by atoms with Gasteiger partial charge < -0.3 is 4.57 Å². The summed E-state index contributed by atoms with van der Waals surface area (Å²) in [7, 11) is 0. The summed E-state index contributed by atoms with van der Waals surface area (Å²) in [5.41, 5.74) is 2.96. The Balaban J connectivity index is 1.73. The van der Waals surface area contributed by atoms with E-state index in [-0.39, 0.29) is 11.3 Å². The first-order chi connectivity index (χ1) is 15.7. The number of hydrogen-bond acceptors (Lipinski definition) is 5. The summed E-state index contributed by atoms with van der Waals surface area (Å²) in [5.74, 6) is -1.51. The van der Waals surface area contributed by atoms with Crippen LogP contribution in [0.4, 0.5) is 16.2 Å². The quantitative estimate of drug-likeness (QED) is 0.242. The van der Waals surface area contributed by atoms with E-state index >= 15 is 0 Å². The number of nitro groups is 1. The minimum Gasteiger partial charge on any atom is -0.318 e. The van der Waals surface area contributed by atoms with Crippen LogP contribution < -0.4 is 10.2 Å². The summed E-state index contributed by atoms with van der Waals surface area (Å²) >= 11 is 3.31. The molecule has 3 aromatic rings. The molecule has 2 aromatic carbocycles. The smallest absolute Gasteiger partial charge is 0.318 e. The first-order valence-corrected chi connectivity index (χ1v) is 10.6. The number of nitro benzene ring substituents is 1. The van der Waals surface area contributed by atoms with Gasteiger partial charge in [-0.3, -0.25) is 25.0 Å². The highest BCUT2D eigenvalue weighted by atomic mass is 79.9. The molecule has 1 aliphatic heterocycles. The van der Waals surface area contributed by atoms with Gasteiger partial charge in [0.2, 0.25) is 0 Å². The molecule has 1 N–H and O–H groups in total. The number of amides is 4. The second-order valence-electron chi connectivity index (χ2n) is 7.37. The SMILES string of the molecule is Cc1cc(/C=C2/C(=O)NC(=O)N(c3ccc(Br)cc3)C2=O)c(C)n1-c1ccc([N+](=O)[O-])cc1. The van der Waals surface area contributed by atoms with Crippen LogP contribution in [0.3, 0.4) is 0 Å². The van der Waals surface area contributed by atoms with Crippen LogP contribution in [-0.4, -0.2) is 27.3 Å². The van der Waals surface area contributed by atoms with Crippen molar-refractivity contribution < 1.29 is 19.3 Å². The number of nitrogens with one attached hydrogen (secondary N) is 1. The lowest BCUT2D eigenvalue weighted by molar-refractivity contribution is -0.384. The Bertz CT molecular complexity index is 1340. The van der Waals surface area contributed by atoms with Gasteiger partial charge in [-0.05, 0) is 68.0 Å². The second-order valence-corrected chi connectivity index (χ2v) is 8.29. The van der Waals surface area contributed by atoms with Gasteiger partial charge in [0.1, 0.15) is 5.57 Å². The van der Waals surface area contributed by atoms with E-state index in [1.165, 1.54) is 18.2 Å². The average molecular weight is 509 g/mol. The molecule has 1 aromatic heterocycles. The maximum atomic E-state index is 13.1. The van der Waals surface area contributed by atoms with Crippen LogP contribution in [0.5, 0.6) is 0 Å². The summed E-state index contributed by atoms with van der Waals surface area (Å²) < 4.78 is 2.64. The lowest BCUT2D eigenvalue weighted by Crippen LogP contribution is -2.54. The molecule has 10 heteroatoms. The van der Waals surface area contributed by atoms with Crippen molar-refractivity contribution in [2.45, 2.75) is 13.8 Å². The van der Waals surface area contributed by atoms with Gasteiger partial charge >= 0.3 is 6.03 Å². The molecule has 9 nitrogen and oxygen atoms in total. The molecular weight excluding hydrogens is 492 g/mol. The lowest BCUT2D eigenvalue weighted by Gasteiger charge is -2.26. The maximum absolute atomic E-state index is 13.1. The molecule has 2 heterocycles. The zero-order valence-corrected chi connectivity index (χ0v) is 19.1. The van der Waals surface area contributed by atoms with Gasteiger partial charge in [0.05, 0.1) is 10.6 Å². The molecule has 0 radical (unpaired) electrons. The van der Waals surface area contributed by atoms with E-state index in [0.29, 0.717) is 16.9 Å². The van der Waals surface area contributed by atoms with Crippen LogP contribution in [0, 0.1) is 24.0 Å². The second kappa shape index (κ2) is 8.47. The molecule has 0 spiro atoms. The zero-order chi connectivity index (χ0) is 23.9. The van der Waals surface area contributed by atoms with E-state index in [1.54, 1.807) is 42.5 Å². The van der Waals surface area contributed by atoms with E-state index in [1.807, 2.05) is 18.4 Å². The van der Waals surface area contributed by atoms with Gasteiger partial charge in [-0.25, -0.2) is 9.69 Å². The fourth-order valence-electron chi connectivity index (χ4n) is 3.69. The Kier molecular flexibility index (Phi) is 5.69. The molecule has 33 heavy (non-hydrogen) atoms. The van der Waals surface area contributed by atoms with Gasteiger partial charge in [-0.15, -0.1) is 0 Å². The summed E-state index contributed by atoms with van der Waals surface area (Å²) in [6, 6.07) is 13.6. The van der Waals surface area contributed by atoms with Crippen molar-refractivity contribution in [3.05, 3.63) is 91.7 Å². The first kappa shape index (κ1) is 22.2. The predicted molar refractivity (Wildman–Crippen MR) is 125 cm³/mol. The van der Waals surface area contributed by atoms with Crippen molar-refractivity contribution in [2.24, 2.45) is 0 Å². The summed E-state index contributed by atoms with van der Waals surface area (Å²) in [5, 5.41) is 13.1. The highest BCUT2D eigenvalue weighted by Crippen LogP contribution is 2.27. The largest absolute Gasteiger partial charge is 0.335 e. The molecule has 0 atom stereocenters. The summed E-state index contributed by atoms with van der Waals surface area (Å²) in [4.78, 5) is 49.3. The predicted octanol–water partition coefficient (Wildman–Crippen LogP) is 4.43. The van der Waals surface area contributed by atoms with Crippen LogP contribution in [-0.2, 0) is 9.59 Å². The third-order valence-electron chi connectivity index (χ3n) is 5.28. The van der Waals surface area contributed by atoms with Crippen LogP contribution in [0.1, 0.15) is 17.0 Å². The molecule has 1 fully saturated rings. The number of carbonyl (C=O) groups excluding carboxylic acids is 3. The standard InChI is InChI=1S/C23H17BrN4O5/c1-13-11-15(14(2)26(13)17-7-9-19(10-8-17)28(32)33)12-20-21(29)25-23(31)27(22(20)30)18-5-3-16(24)4-6-18/h3-12H,1-2H3,(H,25,29,31)/b20-12-. The van der Waals surface area contributed by atoms with Crippen molar-refractivity contribution in [1.82, 2.24) is 9.88 Å². The van der Waals surface area contributed by atoms with Gasteiger partial charge in [-0.1, -0.05) is 15.9 Å². The molecule has 0 aliphatic carbocycles. The molecule has 0 bridgehead atoms. The van der Waals surface area contributed by atoms with Crippen molar-refractivity contribution in [3.8, 4) is 5.69 Å². The number of anilines is 1. The number of urea groups is 1. The van der Waals surface area contributed by atoms with Crippen LogP contribution >= 0.6 is 15.9 Å². The van der Waals surface area contributed by atoms with E-state index in [4.69, 9.17) is 0 Å². The maximum Gasteiger partial charge on any atom is 0.335 e. The number of aromatic nitrogens is 1. The van der Waals surface area contributed by atoms with Crippen LogP contribution in [0.2, 0.25) is 0 Å². The Morgan fingerprint density at radius 1 is 0.970 bits per heavy atom. The highest BCUT2D eigenvalue weighted by molar-refractivity contribution is 9.10. The number of nitrogens with zero attached hydrogens (tertiary/aromatic N) is 3. The third-order valence-corrected chi connectivity index (χ3v) is 5.80. The van der Waals surface area contributed by atoms with E-state index in [9.17, 15) is 24.5 Å².